The van der Waals surface area contributed by atoms with Gasteiger partial charge >= 0.3 is 0 Å². The fourth-order valence-corrected chi connectivity index (χ4v) is 1.90. The molecule has 3 heteroatoms. The fraction of sp³-hybridized carbons (Fsp3) is 0.500. The van der Waals surface area contributed by atoms with Crippen molar-refractivity contribution < 1.29 is 9.47 Å². The lowest BCUT2D eigenvalue weighted by molar-refractivity contribution is 0.285. The highest BCUT2D eigenvalue weighted by atomic mass is 16.5. The number of allylic oxidation sites excluding steroid dienone is 1. The van der Waals surface area contributed by atoms with E-state index in [1.807, 2.05) is 24.3 Å². The van der Waals surface area contributed by atoms with Crippen molar-refractivity contribution in [2.24, 2.45) is 5.73 Å². The summed E-state index contributed by atoms with van der Waals surface area (Å²) in [5.41, 5.74) is 6.73. The lowest BCUT2D eigenvalue weighted by atomic mass is 10.1. The maximum atomic E-state index is 5.76. The number of hydrogen-bond acceptors (Lipinski definition) is 3. The van der Waals surface area contributed by atoms with Crippen LogP contribution in [0.15, 0.2) is 30.9 Å². The Morgan fingerprint density at radius 3 is 2.74 bits per heavy atom. The molecule has 2 N–H and O–H groups in total. The van der Waals surface area contributed by atoms with Crippen molar-refractivity contribution in [1.29, 1.82) is 0 Å². The summed E-state index contributed by atoms with van der Waals surface area (Å²) in [6, 6.07) is 6.01. The van der Waals surface area contributed by atoms with E-state index in [4.69, 9.17) is 15.2 Å². The first-order valence-electron chi connectivity index (χ1n) is 6.92. The number of unbranched alkanes of at least 4 members (excludes halogenated alkanes) is 3. The molecule has 0 spiro atoms. The van der Waals surface area contributed by atoms with Crippen LogP contribution in [0.4, 0.5) is 0 Å². The van der Waals surface area contributed by atoms with Gasteiger partial charge in [-0.25, -0.2) is 0 Å². The average Bonchev–Trinajstić information content (AvgIpc) is 2.44. The van der Waals surface area contributed by atoms with Gasteiger partial charge in [0.15, 0.2) is 11.5 Å². The third-order valence-electron chi connectivity index (χ3n) is 2.97. The van der Waals surface area contributed by atoms with Crippen LogP contribution in [-0.4, -0.2) is 20.3 Å². The summed E-state index contributed by atoms with van der Waals surface area (Å²) < 4.78 is 11.1. The zero-order chi connectivity index (χ0) is 13.9. The summed E-state index contributed by atoms with van der Waals surface area (Å²) in [6.45, 7) is 5.09. The summed E-state index contributed by atoms with van der Waals surface area (Å²) in [5.74, 6) is 1.60. The highest BCUT2D eigenvalue weighted by Gasteiger charge is 2.05. The number of benzene rings is 1. The normalized spacial score (nSPS) is 10.2. The number of ether oxygens (including phenoxy) is 2. The Bertz CT molecular complexity index is 377. The molecule has 3 nitrogen and oxygen atoms in total. The van der Waals surface area contributed by atoms with E-state index < -0.39 is 0 Å². The molecule has 0 heterocycles. The number of hydrogen-bond donors (Lipinski definition) is 1. The van der Waals surface area contributed by atoms with Gasteiger partial charge in [0.2, 0.25) is 0 Å². The lowest BCUT2D eigenvalue weighted by Crippen LogP contribution is -2.04. The summed E-state index contributed by atoms with van der Waals surface area (Å²) in [6.07, 6.45) is 7.30. The number of rotatable bonds is 10. The van der Waals surface area contributed by atoms with Crippen LogP contribution in [-0.2, 0) is 6.42 Å². The molecule has 1 aromatic carbocycles. The van der Waals surface area contributed by atoms with Crippen LogP contribution in [0, 0.1) is 0 Å². The maximum Gasteiger partial charge on any atom is 0.161 e. The molecule has 0 aliphatic carbocycles. The monoisotopic (exact) mass is 263 g/mol. The Morgan fingerprint density at radius 2 is 2.05 bits per heavy atom. The summed E-state index contributed by atoms with van der Waals surface area (Å²) in [4.78, 5) is 0. The van der Waals surface area contributed by atoms with Crippen LogP contribution < -0.4 is 15.2 Å². The fourth-order valence-electron chi connectivity index (χ4n) is 1.90. The van der Waals surface area contributed by atoms with Crippen molar-refractivity contribution in [2.45, 2.75) is 32.1 Å². The summed E-state index contributed by atoms with van der Waals surface area (Å²) in [5, 5.41) is 0. The SMILES string of the molecule is C=CCCCCCOc1ccc(CCN)cc1OC. The minimum atomic E-state index is 0.645. The van der Waals surface area contributed by atoms with Gasteiger partial charge in [-0.1, -0.05) is 12.1 Å². The Kier molecular flexibility index (Phi) is 7.75. The van der Waals surface area contributed by atoms with Crippen LogP contribution in [0.1, 0.15) is 31.2 Å². The Morgan fingerprint density at radius 1 is 1.21 bits per heavy atom. The molecule has 1 aromatic rings. The van der Waals surface area contributed by atoms with Crippen LogP contribution >= 0.6 is 0 Å². The third kappa shape index (κ3) is 5.79. The average molecular weight is 263 g/mol. The molecular formula is C16H25NO2. The molecular weight excluding hydrogens is 238 g/mol. The first kappa shape index (κ1) is 15.6. The van der Waals surface area contributed by atoms with Gasteiger partial charge in [0.1, 0.15) is 0 Å². The van der Waals surface area contributed by atoms with Crippen molar-refractivity contribution in [2.75, 3.05) is 20.3 Å². The number of methoxy groups -OCH3 is 1. The van der Waals surface area contributed by atoms with E-state index in [2.05, 4.69) is 6.58 Å². The van der Waals surface area contributed by atoms with Crippen molar-refractivity contribution in [3.8, 4) is 11.5 Å². The van der Waals surface area contributed by atoms with Gasteiger partial charge < -0.3 is 15.2 Å². The quantitative estimate of drug-likeness (QED) is 0.520. The zero-order valence-electron chi connectivity index (χ0n) is 11.9. The van der Waals surface area contributed by atoms with Crippen LogP contribution in [0.25, 0.3) is 0 Å². The van der Waals surface area contributed by atoms with Gasteiger partial charge in [-0.3, -0.25) is 0 Å². The second kappa shape index (κ2) is 9.45. The Hall–Kier alpha value is -1.48. The molecule has 106 valence electrons. The largest absolute Gasteiger partial charge is 0.493 e. The van der Waals surface area contributed by atoms with Crippen molar-refractivity contribution in [3.63, 3.8) is 0 Å². The van der Waals surface area contributed by atoms with Gasteiger partial charge in [-0.15, -0.1) is 6.58 Å². The molecule has 0 aliphatic heterocycles. The molecule has 0 bridgehead atoms. The minimum Gasteiger partial charge on any atom is -0.493 e. The molecule has 0 atom stereocenters. The predicted molar refractivity (Wildman–Crippen MR) is 79.9 cm³/mol. The van der Waals surface area contributed by atoms with E-state index >= 15 is 0 Å². The molecule has 0 aliphatic rings. The summed E-state index contributed by atoms with van der Waals surface area (Å²) >= 11 is 0. The first-order valence-corrected chi connectivity index (χ1v) is 6.92. The molecule has 0 aromatic heterocycles. The van der Waals surface area contributed by atoms with E-state index in [9.17, 15) is 0 Å². The first-order chi connectivity index (χ1) is 9.31. The van der Waals surface area contributed by atoms with Gasteiger partial charge in [-0.2, -0.15) is 0 Å². The molecule has 0 fully saturated rings. The molecule has 0 radical (unpaired) electrons. The zero-order valence-corrected chi connectivity index (χ0v) is 11.9. The van der Waals surface area contributed by atoms with Crippen LogP contribution in [0.5, 0.6) is 11.5 Å². The van der Waals surface area contributed by atoms with E-state index in [0.717, 1.165) is 37.4 Å². The Balaban J connectivity index is 2.42. The smallest absolute Gasteiger partial charge is 0.161 e. The van der Waals surface area contributed by atoms with E-state index in [1.165, 1.54) is 18.4 Å². The van der Waals surface area contributed by atoms with Gasteiger partial charge in [-0.05, 0) is 56.3 Å². The van der Waals surface area contributed by atoms with Crippen molar-refractivity contribution in [3.05, 3.63) is 36.4 Å². The molecule has 0 amide bonds. The van der Waals surface area contributed by atoms with E-state index in [1.54, 1.807) is 7.11 Å². The van der Waals surface area contributed by atoms with E-state index in [0.29, 0.717) is 6.54 Å². The number of nitrogens with two attached hydrogens (primary N) is 1. The maximum absolute atomic E-state index is 5.76. The third-order valence-corrected chi connectivity index (χ3v) is 2.97. The highest BCUT2D eigenvalue weighted by Crippen LogP contribution is 2.28. The van der Waals surface area contributed by atoms with Crippen molar-refractivity contribution in [1.82, 2.24) is 0 Å². The molecule has 1 rings (SSSR count). The van der Waals surface area contributed by atoms with Gasteiger partial charge in [0.05, 0.1) is 13.7 Å². The van der Waals surface area contributed by atoms with Crippen LogP contribution in [0.2, 0.25) is 0 Å². The van der Waals surface area contributed by atoms with Gasteiger partial charge in [0, 0.05) is 0 Å². The molecule has 0 saturated carbocycles. The molecule has 19 heavy (non-hydrogen) atoms. The molecule has 0 unspecified atom stereocenters. The van der Waals surface area contributed by atoms with Crippen LogP contribution in [0.3, 0.4) is 0 Å². The predicted octanol–water partition coefficient (Wildman–Crippen LogP) is 3.32. The second-order valence-electron chi connectivity index (χ2n) is 4.51. The van der Waals surface area contributed by atoms with E-state index in [-0.39, 0.29) is 0 Å². The topological polar surface area (TPSA) is 44.5 Å². The highest BCUT2D eigenvalue weighted by molar-refractivity contribution is 5.43. The minimum absolute atomic E-state index is 0.645. The lowest BCUT2D eigenvalue weighted by Gasteiger charge is -2.12. The molecule has 0 saturated heterocycles. The standard InChI is InChI=1S/C16H25NO2/c1-3-4-5-6-7-12-19-15-9-8-14(10-11-17)13-16(15)18-2/h3,8-9,13H,1,4-7,10-12,17H2,2H3. The van der Waals surface area contributed by atoms with Gasteiger partial charge in [0.25, 0.3) is 0 Å². The van der Waals surface area contributed by atoms with Crippen molar-refractivity contribution >= 4 is 0 Å². The summed E-state index contributed by atoms with van der Waals surface area (Å²) in [7, 11) is 1.67. The Labute approximate surface area is 116 Å². The second-order valence-corrected chi connectivity index (χ2v) is 4.51.